The summed E-state index contributed by atoms with van der Waals surface area (Å²) < 4.78 is 0. The molecule has 0 fully saturated rings. The molecule has 0 aromatic carbocycles. The lowest BCUT2D eigenvalue weighted by Crippen LogP contribution is -2.12. The van der Waals surface area contributed by atoms with E-state index in [2.05, 4.69) is 0 Å². The minimum absolute atomic E-state index is 0.0334. The highest BCUT2D eigenvalue weighted by atomic mass is 32.2. The van der Waals surface area contributed by atoms with Crippen molar-refractivity contribution in [3.63, 3.8) is 0 Å². The molecule has 3 heteroatoms. The van der Waals surface area contributed by atoms with Gasteiger partial charge in [0.1, 0.15) is 6.29 Å². The van der Waals surface area contributed by atoms with Gasteiger partial charge in [-0.15, -0.1) is 0 Å². The largest absolute Gasteiger partial charge is 0.303 e. The van der Waals surface area contributed by atoms with Gasteiger partial charge in [-0.2, -0.15) is 0 Å². The average Bonchev–Trinajstić information content (AvgIpc) is 1.85. The molecule has 0 amide bonds. The number of rotatable bonds is 3. The molecule has 0 heterocycles. The monoisotopic (exact) mass is 160 g/mol. The van der Waals surface area contributed by atoms with E-state index < -0.39 is 0 Å². The summed E-state index contributed by atoms with van der Waals surface area (Å²) in [6.45, 7) is 5.21. The van der Waals surface area contributed by atoms with Crippen molar-refractivity contribution in [2.75, 3.05) is 0 Å². The van der Waals surface area contributed by atoms with Gasteiger partial charge in [0, 0.05) is 18.1 Å². The maximum Gasteiger partial charge on any atom is 0.186 e. The molecule has 0 aromatic rings. The molecule has 0 aromatic heterocycles. The van der Waals surface area contributed by atoms with Crippen LogP contribution in [0.25, 0.3) is 0 Å². The number of carbonyl (C=O) groups is 2. The Hall–Kier alpha value is -0.310. The minimum Gasteiger partial charge on any atom is -0.303 e. The zero-order valence-corrected chi connectivity index (χ0v) is 7.27. The van der Waals surface area contributed by atoms with E-state index >= 15 is 0 Å². The second-order valence-electron chi connectivity index (χ2n) is 2.31. The van der Waals surface area contributed by atoms with Gasteiger partial charge >= 0.3 is 0 Å². The first-order chi connectivity index (χ1) is 4.57. The van der Waals surface area contributed by atoms with Gasteiger partial charge < -0.3 is 4.79 Å². The summed E-state index contributed by atoms with van der Waals surface area (Å²) in [6, 6.07) is 0. The van der Waals surface area contributed by atoms with E-state index in [0.29, 0.717) is 0 Å². The predicted octanol–water partition coefficient (Wildman–Crippen LogP) is 1.49. The number of hydrogen-bond donors (Lipinski definition) is 0. The second-order valence-corrected chi connectivity index (χ2v) is 3.86. The highest BCUT2D eigenvalue weighted by Crippen LogP contribution is 2.17. The van der Waals surface area contributed by atoms with Crippen LogP contribution in [0.15, 0.2) is 0 Å². The standard InChI is InChI=1S/C7H12O2S/c1-5(4-8)6(2)10-7(3)9/h4-6H,1-3H3. The Morgan fingerprint density at radius 2 is 2.00 bits per heavy atom. The Kier molecular flexibility index (Phi) is 4.36. The van der Waals surface area contributed by atoms with Gasteiger partial charge in [-0.05, 0) is 0 Å². The van der Waals surface area contributed by atoms with Crippen LogP contribution in [0.2, 0.25) is 0 Å². The summed E-state index contributed by atoms with van der Waals surface area (Å²) in [6.07, 6.45) is 0.876. The predicted molar refractivity (Wildman–Crippen MR) is 43.0 cm³/mol. The summed E-state index contributed by atoms with van der Waals surface area (Å²) in [5.41, 5.74) is 0. The first-order valence-electron chi connectivity index (χ1n) is 3.20. The summed E-state index contributed by atoms with van der Waals surface area (Å²) in [5.74, 6) is -0.0334. The van der Waals surface area contributed by atoms with Gasteiger partial charge in [0.05, 0.1) is 0 Å². The number of hydrogen-bond acceptors (Lipinski definition) is 3. The van der Waals surface area contributed by atoms with Crippen molar-refractivity contribution in [2.24, 2.45) is 5.92 Å². The van der Waals surface area contributed by atoms with E-state index in [1.165, 1.54) is 18.7 Å². The molecule has 2 atom stereocenters. The van der Waals surface area contributed by atoms with Crippen LogP contribution >= 0.6 is 11.8 Å². The van der Waals surface area contributed by atoms with Crippen LogP contribution in [0.3, 0.4) is 0 Å². The summed E-state index contributed by atoms with van der Waals surface area (Å²) in [5, 5.41) is 0.177. The number of carbonyl (C=O) groups excluding carboxylic acids is 2. The Morgan fingerprint density at radius 1 is 1.50 bits per heavy atom. The Labute approximate surface area is 65.4 Å². The Morgan fingerprint density at radius 3 is 2.30 bits per heavy atom. The molecule has 0 rings (SSSR count). The third-order valence-electron chi connectivity index (χ3n) is 1.31. The lowest BCUT2D eigenvalue weighted by Gasteiger charge is -2.10. The zero-order valence-electron chi connectivity index (χ0n) is 6.46. The quantitative estimate of drug-likeness (QED) is 0.586. The summed E-state index contributed by atoms with van der Waals surface area (Å²) >= 11 is 1.22. The van der Waals surface area contributed by atoms with Crippen molar-refractivity contribution < 1.29 is 9.59 Å². The SMILES string of the molecule is CC(=O)SC(C)C(C)C=O. The molecular weight excluding hydrogens is 148 g/mol. The molecule has 0 bridgehead atoms. The van der Waals surface area contributed by atoms with Crippen LogP contribution in [0.1, 0.15) is 20.8 Å². The van der Waals surface area contributed by atoms with Crippen molar-refractivity contribution in [1.82, 2.24) is 0 Å². The third kappa shape index (κ3) is 3.67. The molecule has 0 aliphatic rings. The highest BCUT2D eigenvalue weighted by Gasteiger charge is 2.12. The molecular formula is C7H12O2S. The molecule has 0 radical (unpaired) electrons. The Balaban J connectivity index is 3.71. The van der Waals surface area contributed by atoms with Gasteiger partial charge in [-0.3, -0.25) is 4.79 Å². The van der Waals surface area contributed by atoms with E-state index in [9.17, 15) is 9.59 Å². The zero-order chi connectivity index (χ0) is 8.15. The van der Waals surface area contributed by atoms with Crippen molar-refractivity contribution in [3.8, 4) is 0 Å². The molecule has 0 saturated carbocycles. The van der Waals surface area contributed by atoms with Crippen molar-refractivity contribution >= 4 is 23.2 Å². The fraction of sp³-hybridized carbons (Fsp3) is 0.714. The molecule has 58 valence electrons. The maximum absolute atomic E-state index is 10.5. The van der Waals surface area contributed by atoms with Gasteiger partial charge in [0.15, 0.2) is 5.12 Å². The highest BCUT2D eigenvalue weighted by molar-refractivity contribution is 8.14. The number of thioether (sulfide) groups is 1. The molecule has 2 unspecified atom stereocenters. The number of aldehydes is 1. The molecule has 2 nitrogen and oxygen atoms in total. The summed E-state index contributed by atoms with van der Waals surface area (Å²) in [4.78, 5) is 20.7. The summed E-state index contributed by atoms with van der Waals surface area (Å²) in [7, 11) is 0. The smallest absolute Gasteiger partial charge is 0.186 e. The third-order valence-corrected chi connectivity index (χ3v) is 2.44. The van der Waals surface area contributed by atoms with Gasteiger partial charge in [-0.25, -0.2) is 0 Å². The first-order valence-corrected chi connectivity index (χ1v) is 4.08. The second kappa shape index (κ2) is 4.50. The minimum atomic E-state index is -0.0334. The van der Waals surface area contributed by atoms with E-state index in [-0.39, 0.29) is 16.3 Å². The molecule has 10 heavy (non-hydrogen) atoms. The molecule has 0 aliphatic heterocycles. The average molecular weight is 160 g/mol. The van der Waals surface area contributed by atoms with Crippen LogP contribution in [0, 0.1) is 5.92 Å². The van der Waals surface area contributed by atoms with Gasteiger partial charge in [-0.1, -0.05) is 25.6 Å². The topological polar surface area (TPSA) is 34.1 Å². The molecule has 0 N–H and O–H groups in total. The van der Waals surface area contributed by atoms with Gasteiger partial charge in [0.25, 0.3) is 0 Å². The first kappa shape index (κ1) is 9.69. The van der Waals surface area contributed by atoms with Crippen LogP contribution in [-0.4, -0.2) is 16.7 Å². The van der Waals surface area contributed by atoms with Gasteiger partial charge in [0.2, 0.25) is 0 Å². The normalized spacial score (nSPS) is 15.9. The lowest BCUT2D eigenvalue weighted by atomic mass is 10.1. The van der Waals surface area contributed by atoms with E-state index in [0.717, 1.165) is 6.29 Å². The Bertz CT molecular complexity index is 134. The molecule has 0 aliphatic carbocycles. The fourth-order valence-electron chi connectivity index (χ4n) is 0.480. The van der Waals surface area contributed by atoms with Crippen LogP contribution < -0.4 is 0 Å². The van der Waals surface area contributed by atoms with E-state index in [1.807, 2.05) is 13.8 Å². The van der Waals surface area contributed by atoms with E-state index in [4.69, 9.17) is 0 Å². The maximum atomic E-state index is 10.5. The molecule has 0 spiro atoms. The van der Waals surface area contributed by atoms with Crippen LogP contribution in [0.5, 0.6) is 0 Å². The van der Waals surface area contributed by atoms with E-state index in [1.54, 1.807) is 0 Å². The van der Waals surface area contributed by atoms with Crippen LogP contribution in [-0.2, 0) is 9.59 Å². The van der Waals surface area contributed by atoms with Crippen molar-refractivity contribution in [1.29, 1.82) is 0 Å². The lowest BCUT2D eigenvalue weighted by molar-refractivity contribution is -0.110. The fourth-order valence-corrected chi connectivity index (χ4v) is 1.28. The molecule has 0 saturated heterocycles. The van der Waals surface area contributed by atoms with Crippen molar-refractivity contribution in [2.45, 2.75) is 26.0 Å². The van der Waals surface area contributed by atoms with Crippen molar-refractivity contribution in [3.05, 3.63) is 0 Å². The van der Waals surface area contributed by atoms with Crippen LogP contribution in [0.4, 0.5) is 0 Å².